The molecule has 2 atom stereocenters. The van der Waals surface area contributed by atoms with E-state index in [0.29, 0.717) is 5.82 Å². The predicted molar refractivity (Wildman–Crippen MR) is 70.9 cm³/mol. The second kappa shape index (κ2) is 4.57. The average molecular weight is 259 g/mol. The van der Waals surface area contributed by atoms with Crippen LogP contribution in [0.2, 0.25) is 0 Å². The summed E-state index contributed by atoms with van der Waals surface area (Å²) in [5, 5.41) is 9.98. The number of amides is 1. The van der Waals surface area contributed by atoms with E-state index in [2.05, 4.69) is 22.4 Å². The Kier molecular flexibility index (Phi) is 2.89. The molecular formula is C14H17N3O2. The van der Waals surface area contributed by atoms with E-state index < -0.39 is 0 Å². The van der Waals surface area contributed by atoms with Crippen molar-refractivity contribution in [2.75, 3.05) is 5.32 Å². The van der Waals surface area contributed by atoms with Gasteiger partial charge in [0.15, 0.2) is 5.82 Å². The van der Waals surface area contributed by atoms with Gasteiger partial charge in [-0.25, -0.2) is 0 Å². The van der Waals surface area contributed by atoms with Crippen LogP contribution < -0.4 is 5.32 Å². The lowest BCUT2D eigenvalue weighted by atomic mass is 10.2. The maximum absolute atomic E-state index is 12.1. The molecule has 1 fully saturated rings. The summed E-state index contributed by atoms with van der Waals surface area (Å²) in [6.45, 7) is 4.02. The molecule has 19 heavy (non-hydrogen) atoms. The lowest BCUT2D eigenvalue weighted by Gasteiger charge is -2.02. The van der Waals surface area contributed by atoms with Crippen LogP contribution in [0.25, 0.3) is 0 Å². The molecule has 0 bridgehead atoms. The van der Waals surface area contributed by atoms with Crippen LogP contribution in [-0.2, 0) is 11.2 Å². The molecule has 0 radical (unpaired) electrons. The minimum Gasteiger partial charge on any atom is -0.469 e. The topological polar surface area (TPSA) is 70.9 Å². The fraction of sp³-hybridized carbons (Fsp3) is 0.429. The Morgan fingerprint density at radius 2 is 2.47 bits per heavy atom. The molecule has 0 spiro atoms. The first-order valence-electron chi connectivity index (χ1n) is 6.58. The number of hydrogen-bond acceptors (Lipinski definition) is 3. The number of anilines is 1. The SMILES string of the molecule is CCc1[nH]nc(NC(=O)[C@H]2C[C@@H]2c2ccco2)c1C. The van der Waals surface area contributed by atoms with Crippen molar-refractivity contribution in [1.29, 1.82) is 0 Å². The number of aromatic nitrogens is 2. The Bertz CT molecular complexity index is 586. The van der Waals surface area contributed by atoms with Gasteiger partial charge in [0.2, 0.25) is 5.91 Å². The summed E-state index contributed by atoms with van der Waals surface area (Å²) in [6, 6.07) is 3.78. The molecule has 5 nitrogen and oxygen atoms in total. The monoisotopic (exact) mass is 259 g/mol. The minimum atomic E-state index is 0.00678. The Morgan fingerprint density at radius 3 is 3.11 bits per heavy atom. The van der Waals surface area contributed by atoms with Crippen molar-refractivity contribution in [3.05, 3.63) is 35.4 Å². The van der Waals surface area contributed by atoms with E-state index in [1.165, 1.54) is 0 Å². The average Bonchev–Trinajstić information content (AvgIpc) is 2.87. The second-order valence-electron chi connectivity index (χ2n) is 4.98. The first kappa shape index (κ1) is 12.0. The fourth-order valence-corrected chi connectivity index (χ4v) is 2.41. The molecule has 100 valence electrons. The molecule has 1 saturated carbocycles. The van der Waals surface area contributed by atoms with Crippen molar-refractivity contribution >= 4 is 11.7 Å². The summed E-state index contributed by atoms with van der Waals surface area (Å²) in [5.41, 5.74) is 2.08. The Hall–Kier alpha value is -2.04. The van der Waals surface area contributed by atoms with E-state index in [1.54, 1.807) is 6.26 Å². The smallest absolute Gasteiger partial charge is 0.229 e. The summed E-state index contributed by atoms with van der Waals surface area (Å²) >= 11 is 0. The zero-order valence-corrected chi connectivity index (χ0v) is 11.1. The Morgan fingerprint density at radius 1 is 1.63 bits per heavy atom. The normalized spacial score (nSPS) is 21.4. The van der Waals surface area contributed by atoms with Crippen LogP contribution in [0.15, 0.2) is 22.8 Å². The molecule has 1 aliphatic carbocycles. The third-order valence-electron chi connectivity index (χ3n) is 3.74. The summed E-state index contributed by atoms with van der Waals surface area (Å²) in [4.78, 5) is 12.1. The number of carbonyl (C=O) groups excluding carboxylic acids is 1. The molecule has 2 heterocycles. The quantitative estimate of drug-likeness (QED) is 0.886. The second-order valence-corrected chi connectivity index (χ2v) is 4.98. The number of carbonyl (C=O) groups is 1. The van der Waals surface area contributed by atoms with Crippen LogP contribution in [0, 0.1) is 12.8 Å². The van der Waals surface area contributed by atoms with Gasteiger partial charge in [-0.1, -0.05) is 6.92 Å². The highest BCUT2D eigenvalue weighted by molar-refractivity contribution is 5.95. The van der Waals surface area contributed by atoms with Crippen molar-refractivity contribution < 1.29 is 9.21 Å². The number of aromatic amines is 1. The first-order valence-corrected chi connectivity index (χ1v) is 6.58. The lowest BCUT2D eigenvalue weighted by Crippen LogP contribution is -2.15. The fourth-order valence-electron chi connectivity index (χ4n) is 2.41. The number of rotatable bonds is 4. The molecule has 2 aromatic rings. The number of nitrogens with zero attached hydrogens (tertiary/aromatic N) is 1. The first-order chi connectivity index (χ1) is 9.20. The van der Waals surface area contributed by atoms with Gasteiger partial charge < -0.3 is 9.73 Å². The van der Waals surface area contributed by atoms with E-state index in [1.807, 2.05) is 19.1 Å². The third kappa shape index (κ3) is 2.16. The van der Waals surface area contributed by atoms with Crippen molar-refractivity contribution in [3.63, 3.8) is 0 Å². The molecular weight excluding hydrogens is 242 g/mol. The minimum absolute atomic E-state index is 0.00678. The molecule has 0 saturated heterocycles. The lowest BCUT2D eigenvalue weighted by molar-refractivity contribution is -0.117. The van der Waals surface area contributed by atoms with Crippen LogP contribution in [0.1, 0.15) is 36.3 Å². The number of aryl methyl sites for hydroxylation is 1. The maximum atomic E-state index is 12.1. The molecule has 5 heteroatoms. The zero-order valence-electron chi connectivity index (χ0n) is 11.1. The van der Waals surface area contributed by atoms with Crippen LogP contribution in [0.5, 0.6) is 0 Å². The van der Waals surface area contributed by atoms with Gasteiger partial charge in [-0.3, -0.25) is 9.89 Å². The van der Waals surface area contributed by atoms with Gasteiger partial charge in [0.05, 0.1) is 6.26 Å². The Balaban J connectivity index is 1.65. The van der Waals surface area contributed by atoms with Crippen LogP contribution in [0.4, 0.5) is 5.82 Å². The molecule has 0 aliphatic heterocycles. The molecule has 0 aromatic carbocycles. The number of hydrogen-bond donors (Lipinski definition) is 2. The van der Waals surface area contributed by atoms with Gasteiger partial charge in [0, 0.05) is 23.1 Å². The van der Waals surface area contributed by atoms with E-state index in [-0.39, 0.29) is 17.7 Å². The van der Waals surface area contributed by atoms with E-state index in [9.17, 15) is 4.79 Å². The molecule has 1 aliphatic rings. The molecule has 0 unspecified atom stereocenters. The van der Waals surface area contributed by atoms with Crippen LogP contribution in [-0.4, -0.2) is 16.1 Å². The zero-order chi connectivity index (χ0) is 13.4. The largest absolute Gasteiger partial charge is 0.469 e. The van der Waals surface area contributed by atoms with Gasteiger partial charge in [0.1, 0.15) is 5.76 Å². The molecule has 3 rings (SSSR count). The van der Waals surface area contributed by atoms with Gasteiger partial charge in [-0.15, -0.1) is 0 Å². The van der Waals surface area contributed by atoms with E-state index in [0.717, 1.165) is 29.9 Å². The van der Waals surface area contributed by atoms with Gasteiger partial charge >= 0.3 is 0 Å². The molecule has 2 N–H and O–H groups in total. The molecule has 1 amide bonds. The van der Waals surface area contributed by atoms with Gasteiger partial charge in [-0.2, -0.15) is 5.10 Å². The van der Waals surface area contributed by atoms with E-state index in [4.69, 9.17) is 4.42 Å². The van der Waals surface area contributed by atoms with Crippen molar-refractivity contribution in [3.8, 4) is 0 Å². The van der Waals surface area contributed by atoms with Crippen molar-refractivity contribution in [1.82, 2.24) is 10.2 Å². The predicted octanol–water partition coefficient (Wildman–Crippen LogP) is 2.62. The van der Waals surface area contributed by atoms with Gasteiger partial charge in [0.25, 0.3) is 0 Å². The van der Waals surface area contributed by atoms with Gasteiger partial charge in [-0.05, 0) is 31.9 Å². The highest BCUT2D eigenvalue weighted by atomic mass is 16.3. The highest BCUT2D eigenvalue weighted by Crippen LogP contribution is 2.48. The summed E-state index contributed by atoms with van der Waals surface area (Å²) in [6.07, 6.45) is 3.38. The number of nitrogens with one attached hydrogen (secondary N) is 2. The highest BCUT2D eigenvalue weighted by Gasteiger charge is 2.46. The maximum Gasteiger partial charge on any atom is 0.229 e. The summed E-state index contributed by atoms with van der Waals surface area (Å²) < 4.78 is 5.33. The number of furan rings is 1. The van der Waals surface area contributed by atoms with Crippen LogP contribution >= 0.6 is 0 Å². The van der Waals surface area contributed by atoms with E-state index >= 15 is 0 Å². The summed E-state index contributed by atoms with van der Waals surface area (Å²) in [5.74, 6) is 1.80. The van der Waals surface area contributed by atoms with Crippen molar-refractivity contribution in [2.24, 2.45) is 5.92 Å². The third-order valence-corrected chi connectivity index (χ3v) is 3.74. The number of H-pyrrole nitrogens is 1. The standard InChI is InChI=1S/C14H17N3O2/c1-3-11-8(2)13(17-16-11)15-14(18)10-7-9(10)12-5-4-6-19-12/h4-6,9-10H,3,7H2,1-2H3,(H2,15,16,17,18)/t9-,10-/m0/s1. The summed E-state index contributed by atoms with van der Waals surface area (Å²) in [7, 11) is 0. The van der Waals surface area contributed by atoms with Crippen molar-refractivity contribution in [2.45, 2.75) is 32.6 Å². The molecule has 2 aromatic heterocycles. The van der Waals surface area contributed by atoms with Crippen LogP contribution in [0.3, 0.4) is 0 Å². The Labute approximate surface area is 111 Å².